The van der Waals surface area contributed by atoms with E-state index in [2.05, 4.69) is 4.98 Å². The van der Waals surface area contributed by atoms with Crippen LogP contribution < -0.4 is 5.56 Å². The molecular formula is C14H9NO3. The molecule has 1 N–H and O–H groups in total. The van der Waals surface area contributed by atoms with Gasteiger partial charge in [0.25, 0.3) is 5.56 Å². The summed E-state index contributed by atoms with van der Waals surface area (Å²) in [7, 11) is 0. The van der Waals surface area contributed by atoms with Crippen LogP contribution >= 0.6 is 0 Å². The van der Waals surface area contributed by atoms with Crippen LogP contribution in [0.2, 0.25) is 0 Å². The van der Waals surface area contributed by atoms with E-state index < -0.39 is 5.56 Å². The Morgan fingerprint density at radius 1 is 1.06 bits per heavy atom. The molecule has 0 radical (unpaired) electrons. The van der Waals surface area contributed by atoms with Crippen molar-refractivity contribution in [1.29, 1.82) is 0 Å². The van der Waals surface area contributed by atoms with Crippen LogP contribution in [0.5, 0.6) is 5.75 Å². The summed E-state index contributed by atoms with van der Waals surface area (Å²) in [5.74, 6) is 0.294. The first kappa shape index (κ1) is 10.5. The molecule has 88 valence electrons. The van der Waals surface area contributed by atoms with Crippen molar-refractivity contribution in [2.45, 2.75) is 0 Å². The summed E-state index contributed by atoms with van der Waals surface area (Å²) >= 11 is 0. The summed E-state index contributed by atoms with van der Waals surface area (Å²) in [6.45, 7) is 0. The molecule has 0 atom stereocenters. The quantitative estimate of drug-likeness (QED) is 0.708. The van der Waals surface area contributed by atoms with Gasteiger partial charge < -0.3 is 9.52 Å². The minimum absolute atomic E-state index is 0.0176. The summed E-state index contributed by atoms with van der Waals surface area (Å²) in [5, 5.41) is 9.61. The molecular weight excluding hydrogens is 230 g/mol. The van der Waals surface area contributed by atoms with Crippen molar-refractivity contribution in [1.82, 2.24) is 4.98 Å². The Kier molecular flexibility index (Phi) is 2.34. The topological polar surface area (TPSA) is 63.3 Å². The van der Waals surface area contributed by atoms with Gasteiger partial charge in [-0.2, -0.15) is 4.98 Å². The smallest absolute Gasteiger partial charge is 0.284 e. The van der Waals surface area contributed by atoms with Gasteiger partial charge in [-0.05, 0) is 30.3 Å². The van der Waals surface area contributed by atoms with Gasteiger partial charge in [-0.3, -0.25) is 4.79 Å². The van der Waals surface area contributed by atoms with Gasteiger partial charge in [-0.25, -0.2) is 0 Å². The number of hydrogen-bond acceptors (Lipinski definition) is 4. The Morgan fingerprint density at radius 2 is 1.83 bits per heavy atom. The number of hydrogen-bond donors (Lipinski definition) is 1. The van der Waals surface area contributed by atoms with Crippen molar-refractivity contribution in [3.05, 3.63) is 58.9 Å². The first-order valence-electron chi connectivity index (χ1n) is 5.43. The van der Waals surface area contributed by atoms with E-state index in [1.807, 2.05) is 30.3 Å². The van der Waals surface area contributed by atoms with E-state index in [9.17, 15) is 9.90 Å². The molecule has 4 nitrogen and oxygen atoms in total. The lowest BCUT2D eigenvalue weighted by Gasteiger charge is -2.01. The van der Waals surface area contributed by atoms with Gasteiger partial charge in [0.1, 0.15) is 11.3 Å². The average molecular weight is 239 g/mol. The van der Waals surface area contributed by atoms with Crippen LogP contribution in [0.25, 0.3) is 22.4 Å². The van der Waals surface area contributed by atoms with Crippen molar-refractivity contribution in [2.75, 3.05) is 0 Å². The maximum absolute atomic E-state index is 11.8. The third-order valence-corrected chi connectivity index (χ3v) is 2.62. The van der Waals surface area contributed by atoms with Crippen molar-refractivity contribution >= 4 is 11.0 Å². The zero-order valence-electron chi connectivity index (χ0n) is 9.33. The highest BCUT2D eigenvalue weighted by molar-refractivity contribution is 5.78. The van der Waals surface area contributed by atoms with Gasteiger partial charge in [0, 0.05) is 5.56 Å². The second-order valence-electron chi connectivity index (χ2n) is 3.87. The van der Waals surface area contributed by atoms with Crippen LogP contribution in [0.1, 0.15) is 0 Å². The monoisotopic (exact) mass is 239 g/mol. The van der Waals surface area contributed by atoms with E-state index in [0.29, 0.717) is 5.58 Å². The number of phenolic OH excluding ortho intramolecular Hbond substituents is 1. The van der Waals surface area contributed by atoms with Crippen molar-refractivity contribution in [2.24, 2.45) is 0 Å². The van der Waals surface area contributed by atoms with Gasteiger partial charge in [0.2, 0.25) is 5.89 Å². The van der Waals surface area contributed by atoms with Crippen molar-refractivity contribution in [3.63, 3.8) is 0 Å². The molecule has 18 heavy (non-hydrogen) atoms. The molecule has 0 aliphatic carbocycles. The number of aromatic nitrogens is 1. The van der Waals surface area contributed by atoms with E-state index >= 15 is 0 Å². The average Bonchev–Trinajstić information content (AvgIpc) is 2.40. The first-order valence-corrected chi connectivity index (χ1v) is 5.43. The van der Waals surface area contributed by atoms with Gasteiger partial charge in [-0.1, -0.05) is 18.2 Å². The lowest BCUT2D eigenvalue weighted by molar-refractivity contribution is 0.475. The molecule has 0 aliphatic heterocycles. The maximum Gasteiger partial charge on any atom is 0.284 e. The number of phenols is 1. The lowest BCUT2D eigenvalue weighted by Crippen LogP contribution is -2.06. The lowest BCUT2D eigenvalue weighted by atomic mass is 10.2. The third-order valence-electron chi connectivity index (χ3n) is 2.62. The molecule has 0 fully saturated rings. The molecule has 0 saturated carbocycles. The predicted octanol–water partition coefficient (Wildman–Crippen LogP) is 2.56. The molecule has 0 saturated heterocycles. The fourth-order valence-corrected chi connectivity index (χ4v) is 1.76. The molecule has 1 heterocycles. The Morgan fingerprint density at radius 3 is 2.61 bits per heavy atom. The van der Waals surface area contributed by atoms with E-state index in [1.165, 1.54) is 12.1 Å². The summed E-state index contributed by atoms with van der Waals surface area (Å²) in [4.78, 5) is 15.7. The van der Waals surface area contributed by atoms with Crippen LogP contribution in [0.15, 0.2) is 57.7 Å². The zero-order chi connectivity index (χ0) is 12.5. The molecule has 3 aromatic rings. The first-order chi connectivity index (χ1) is 8.74. The SMILES string of the molecule is O=c1nc(-c2ccccc2)oc2ccc(O)cc12. The van der Waals surface area contributed by atoms with Gasteiger partial charge >= 0.3 is 0 Å². The Hall–Kier alpha value is -2.62. The number of nitrogens with zero attached hydrogens (tertiary/aromatic N) is 1. The molecule has 0 amide bonds. The minimum atomic E-state index is -0.411. The molecule has 2 aromatic carbocycles. The summed E-state index contributed by atoms with van der Waals surface area (Å²) in [6.07, 6.45) is 0. The van der Waals surface area contributed by atoms with E-state index in [0.717, 1.165) is 5.56 Å². The van der Waals surface area contributed by atoms with Crippen molar-refractivity contribution < 1.29 is 9.52 Å². The van der Waals surface area contributed by atoms with E-state index in [4.69, 9.17) is 4.42 Å². The predicted molar refractivity (Wildman–Crippen MR) is 67.4 cm³/mol. The van der Waals surface area contributed by atoms with Crippen LogP contribution in [-0.4, -0.2) is 10.1 Å². The summed E-state index contributed by atoms with van der Waals surface area (Å²) in [5.41, 5.74) is 0.738. The molecule has 4 heteroatoms. The van der Waals surface area contributed by atoms with Crippen LogP contribution in [0, 0.1) is 0 Å². The highest BCUT2D eigenvalue weighted by atomic mass is 16.3. The maximum atomic E-state index is 11.8. The molecule has 0 unspecified atom stereocenters. The van der Waals surface area contributed by atoms with E-state index in [-0.39, 0.29) is 17.0 Å². The Bertz CT molecular complexity index is 763. The molecule has 0 bridgehead atoms. The number of rotatable bonds is 1. The minimum Gasteiger partial charge on any atom is -0.508 e. The molecule has 1 aromatic heterocycles. The van der Waals surface area contributed by atoms with Crippen LogP contribution in [0.4, 0.5) is 0 Å². The summed E-state index contributed by atoms with van der Waals surface area (Å²) in [6, 6.07) is 13.6. The van der Waals surface area contributed by atoms with Gasteiger partial charge in [0.15, 0.2) is 0 Å². The Labute approximate surface area is 102 Å². The van der Waals surface area contributed by atoms with Gasteiger partial charge in [0.05, 0.1) is 5.39 Å². The fraction of sp³-hybridized carbons (Fsp3) is 0. The highest BCUT2D eigenvalue weighted by Crippen LogP contribution is 2.21. The highest BCUT2D eigenvalue weighted by Gasteiger charge is 2.08. The van der Waals surface area contributed by atoms with Crippen molar-refractivity contribution in [3.8, 4) is 17.2 Å². The largest absolute Gasteiger partial charge is 0.508 e. The second kappa shape index (κ2) is 4.00. The summed E-state index contributed by atoms with van der Waals surface area (Å²) < 4.78 is 5.56. The Balaban J connectivity index is 2.29. The standard InChI is InChI=1S/C14H9NO3/c16-10-6-7-12-11(8-10)13(17)15-14(18-12)9-4-2-1-3-5-9/h1-8,16H. The fourth-order valence-electron chi connectivity index (χ4n) is 1.76. The second-order valence-corrected chi connectivity index (χ2v) is 3.87. The number of aromatic hydroxyl groups is 1. The third kappa shape index (κ3) is 1.73. The molecule has 3 rings (SSSR count). The van der Waals surface area contributed by atoms with Gasteiger partial charge in [-0.15, -0.1) is 0 Å². The molecule has 0 spiro atoms. The zero-order valence-corrected chi connectivity index (χ0v) is 9.33. The van der Waals surface area contributed by atoms with Crippen LogP contribution in [0.3, 0.4) is 0 Å². The van der Waals surface area contributed by atoms with E-state index in [1.54, 1.807) is 6.07 Å². The normalized spacial score (nSPS) is 10.7. The number of benzene rings is 2. The van der Waals surface area contributed by atoms with Crippen LogP contribution in [-0.2, 0) is 0 Å². The number of fused-ring (bicyclic) bond motifs is 1. The molecule has 0 aliphatic rings.